The first-order chi connectivity index (χ1) is 6.72. The number of carbonyl (C=O) groups excluding carboxylic acids is 1. The summed E-state index contributed by atoms with van der Waals surface area (Å²) in [6.45, 7) is 0. The van der Waals surface area contributed by atoms with Gasteiger partial charge in [0.05, 0.1) is 5.02 Å². The fraction of sp³-hybridized carbons (Fsp3) is 0.364. The molecule has 1 fully saturated rings. The summed E-state index contributed by atoms with van der Waals surface area (Å²) in [7, 11) is 2.06. The van der Waals surface area contributed by atoms with Crippen molar-refractivity contribution in [3.05, 3.63) is 28.8 Å². The van der Waals surface area contributed by atoms with Crippen molar-refractivity contribution in [3.8, 4) is 0 Å². The normalized spacial score (nSPS) is 15.3. The van der Waals surface area contributed by atoms with Crippen molar-refractivity contribution in [2.45, 2.75) is 18.9 Å². The minimum absolute atomic E-state index is 0.532. The van der Waals surface area contributed by atoms with Crippen molar-refractivity contribution in [1.82, 2.24) is 0 Å². The van der Waals surface area contributed by atoms with Crippen LogP contribution in [0.15, 0.2) is 18.2 Å². The smallest absolute Gasteiger partial charge is 0.151 e. The van der Waals surface area contributed by atoms with E-state index in [1.54, 1.807) is 6.07 Å². The number of benzene rings is 1. The van der Waals surface area contributed by atoms with Crippen LogP contribution in [-0.2, 0) is 0 Å². The van der Waals surface area contributed by atoms with Gasteiger partial charge in [-0.2, -0.15) is 0 Å². The fourth-order valence-corrected chi connectivity index (χ4v) is 1.72. The van der Waals surface area contributed by atoms with Crippen LogP contribution in [0.1, 0.15) is 23.2 Å². The van der Waals surface area contributed by atoms with E-state index in [0.29, 0.717) is 16.6 Å². The average Bonchev–Trinajstić information content (AvgIpc) is 3.00. The van der Waals surface area contributed by atoms with Gasteiger partial charge in [0.25, 0.3) is 0 Å². The first-order valence-corrected chi connectivity index (χ1v) is 5.07. The second kappa shape index (κ2) is 3.62. The maximum absolute atomic E-state index is 10.6. The van der Waals surface area contributed by atoms with E-state index in [4.69, 9.17) is 11.6 Å². The van der Waals surface area contributed by atoms with Crippen LogP contribution in [-0.4, -0.2) is 19.4 Å². The van der Waals surface area contributed by atoms with Crippen LogP contribution in [0, 0.1) is 0 Å². The predicted molar refractivity (Wildman–Crippen MR) is 58.3 cm³/mol. The van der Waals surface area contributed by atoms with Crippen molar-refractivity contribution < 1.29 is 4.79 Å². The summed E-state index contributed by atoms with van der Waals surface area (Å²) in [4.78, 5) is 12.8. The predicted octanol–water partition coefficient (Wildman–Crippen LogP) is 2.75. The van der Waals surface area contributed by atoms with E-state index in [9.17, 15) is 4.79 Å². The summed E-state index contributed by atoms with van der Waals surface area (Å²) in [5.41, 5.74) is 1.64. The Morgan fingerprint density at radius 1 is 1.50 bits per heavy atom. The van der Waals surface area contributed by atoms with Gasteiger partial charge in [0.15, 0.2) is 6.29 Å². The van der Waals surface area contributed by atoms with E-state index in [1.807, 2.05) is 12.1 Å². The molecule has 0 unspecified atom stereocenters. The lowest BCUT2D eigenvalue weighted by atomic mass is 10.2. The van der Waals surface area contributed by atoms with Crippen molar-refractivity contribution in [2.24, 2.45) is 0 Å². The van der Waals surface area contributed by atoms with Crippen molar-refractivity contribution in [1.29, 1.82) is 0 Å². The van der Waals surface area contributed by atoms with E-state index < -0.39 is 0 Å². The number of aldehydes is 1. The van der Waals surface area contributed by atoms with E-state index >= 15 is 0 Å². The Labute approximate surface area is 88.5 Å². The topological polar surface area (TPSA) is 20.3 Å². The first kappa shape index (κ1) is 9.53. The minimum Gasteiger partial charge on any atom is -0.372 e. The Balaban J connectivity index is 2.26. The number of hydrogen-bond acceptors (Lipinski definition) is 2. The molecule has 1 aromatic rings. The van der Waals surface area contributed by atoms with Gasteiger partial charge in [-0.05, 0) is 31.0 Å². The molecular formula is C11H12ClNO. The third kappa shape index (κ3) is 1.75. The summed E-state index contributed by atoms with van der Waals surface area (Å²) in [6, 6.07) is 6.22. The summed E-state index contributed by atoms with van der Waals surface area (Å²) in [6.07, 6.45) is 3.29. The number of rotatable bonds is 3. The number of anilines is 1. The third-order valence-corrected chi connectivity index (χ3v) is 2.94. The molecule has 0 amide bonds. The van der Waals surface area contributed by atoms with E-state index in [1.165, 1.54) is 12.8 Å². The lowest BCUT2D eigenvalue weighted by Crippen LogP contribution is -2.19. The second-order valence-corrected chi connectivity index (χ2v) is 4.07. The van der Waals surface area contributed by atoms with Crippen LogP contribution < -0.4 is 4.90 Å². The van der Waals surface area contributed by atoms with Gasteiger partial charge in [0, 0.05) is 24.3 Å². The van der Waals surface area contributed by atoms with Gasteiger partial charge in [-0.3, -0.25) is 4.79 Å². The lowest BCUT2D eigenvalue weighted by Gasteiger charge is -2.18. The molecule has 74 valence electrons. The van der Waals surface area contributed by atoms with Gasteiger partial charge in [-0.25, -0.2) is 0 Å². The summed E-state index contributed by atoms with van der Waals surface area (Å²) < 4.78 is 0. The molecule has 3 heteroatoms. The zero-order valence-electron chi connectivity index (χ0n) is 8.03. The van der Waals surface area contributed by atoms with E-state index in [-0.39, 0.29) is 0 Å². The quantitative estimate of drug-likeness (QED) is 0.714. The number of hydrogen-bond donors (Lipinski definition) is 0. The molecule has 0 bridgehead atoms. The molecule has 0 heterocycles. The highest BCUT2D eigenvalue weighted by Gasteiger charge is 2.26. The number of halogens is 1. The Morgan fingerprint density at radius 3 is 2.71 bits per heavy atom. The van der Waals surface area contributed by atoms with Gasteiger partial charge < -0.3 is 4.90 Å². The molecule has 0 aromatic heterocycles. The van der Waals surface area contributed by atoms with E-state index in [0.717, 1.165) is 12.0 Å². The van der Waals surface area contributed by atoms with Crippen LogP contribution in [0.2, 0.25) is 5.02 Å². The van der Waals surface area contributed by atoms with Crippen LogP contribution >= 0.6 is 11.6 Å². The monoisotopic (exact) mass is 209 g/mol. The first-order valence-electron chi connectivity index (χ1n) is 4.70. The van der Waals surface area contributed by atoms with Crippen LogP contribution in [0.4, 0.5) is 5.69 Å². The highest BCUT2D eigenvalue weighted by Crippen LogP contribution is 2.31. The standard InChI is InChI=1S/C11H12ClNO/c1-13(9-4-5-9)10-3-2-8(7-14)11(12)6-10/h2-3,6-7,9H,4-5H2,1H3. The molecule has 1 aliphatic carbocycles. The van der Waals surface area contributed by atoms with Crippen molar-refractivity contribution in [3.63, 3.8) is 0 Å². The molecule has 2 nitrogen and oxygen atoms in total. The molecule has 0 atom stereocenters. The molecular weight excluding hydrogens is 198 g/mol. The summed E-state index contributed by atoms with van der Waals surface area (Å²) in [5.74, 6) is 0. The largest absolute Gasteiger partial charge is 0.372 e. The van der Waals surface area contributed by atoms with Crippen molar-refractivity contribution >= 4 is 23.6 Å². The van der Waals surface area contributed by atoms with Crippen LogP contribution in [0.3, 0.4) is 0 Å². The zero-order chi connectivity index (χ0) is 10.1. The van der Waals surface area contributed by atoms with Crippen LogP contribution in [0.25, 0.3) is 0 Å². The zero-order valence-corrected chi connectivity index (χ0v) is 8.79. The van der Waals surface area contributed by atoms with Crippen molar-refractivity contribution in [2.75, 3.05) is 11.9 Å². The molecule has 2 rings (SSSR count). The molecule has 1 aliphatic rings. The molecule has 0 saturated heterocycles. The fourth-order valence-electron chi connectivity index (χ4n) is 1.50. The van der Waals surface area contributed by atoms with Gasteiger partial charge in [-0.1, -0.05) is 11.6 Å². The SMILES string of the molecule is CN(c1ccc(C=O)c(Cl)c1)C1CC1. The number of carbonyl (C=O) groups is 1. The second-order valence-electron chi connectivity index (χ2n) is 3.67. The maximum Gasteiger partial charge on any atom is 0.151 e. The Morgan fingerprint density at radius 2 is 2.21 bits per heavy atom. The van der Waals surface area contributed by atoms with Gasteiger partial charge in [0.1, 0.15) is 0 Å². The Kier molecular flexibility index (Phi) is 2.46. The van der Waals surface area contributed by atoms with Gasteiger partial charge in [0.2, 0.25) is 0 Å². The average molecular weight is 210 g/mol. The molecule has 0 aliphatic heterocycles. The minimum atomic E-state index is 0.532. The third-order valence-electron chi connectivity index (χ3n) is 2.61. The summed E-state index contributed by atoms with van der Waals surface area (Å²) in [5, 5.41) is 0.532. The molecule has 0 radical (unpaired) electrons. The van der Waals surface area contributed by atoms with Gasteiger partial charge >= 0.3 is 0 Å². The Bertz CT molecular complexity index is 360. The molecule has 0 N–H and O–H groups in total. The molecule has 14 heavy (non-hydrogen) atoms. The summed E-state index contributed by atoms with van der Waals surface area (Å²) >= 11 is 5.94. The lowest BCUT2D eigenvalue weighted by molar-refractivity contribution is 0.112. The maximum atomic E-state index is 10.6. The molecule has 1 saturated carbocycles. The molecule has 1 aromatic carbocycles. The highest BCUT2D eigenvalue weighted by molar-refractivity contribution is 6.33. The highest BCUT2D eigenvalue weighted by atomic mass is 35.5. The number of nitrogens with zero attached hydrogens (tertiary/aromatic N) is 1. The Hall–Kier alpha value is -1.02. The van der Waals surface area contributed by atoms with E-state index in [2.05, 4.69) is 11.9 Å². The van der Waals surface area contributed by atoms with Gasteiger partial charge in [-0.15, -0.1) is 0 Å². The van der Waals surface area contributed by atoms with Crippen LogP contribution in [0.5, 0.6) is 0 Å². The molecule has 0 spiro atoms.